The van der Waals surface area contributed by atoms with Crippen molar-refractivity contribution in [1.29, 1.82) is 0 Å². The van der Waals surface area contributed by atoms with E-state index in [1.165, 1.54) is 0 Å². The van der Waals surface area contributed by atoms with Crippen LogP contribution in [0, 0.1) is 0 Å². The van der Waals surface area contributed by atoms with E-state index in [2.05, 4.69) is 5.43 Å². The number of ether oxygens (including phenoxy) is 1. The van der Waals surface area contributed by atoms with Crippen molar-refractivity contribution in [3.05, 3.63) is 0 Å². The lowest BCUT2D eigenvalue weighted by Crippen LogP contribution is -2.57. The number of rotatable bonds is 2. The van der Waals surface area contributed by atoms with Gasteiger partial charge in [-0.05, 0) is 19.8 Å². The van der Waals surface area contributed by atoms with Gasteiger partial charge in [0.25, 0.3) is 0 Å². The van der Waals surface area contributed by atoms with Gasteiger partial charge in [0.2, 0.25) is 0 Å². The minimum absolute atomic E-state index is 0.100. The summed E-state index contributed by atoms with van der Waals surface area (Å²) in [6.07, 6.45) is 1.36. The molecule has 1 saturated heterocycles. The molecule has 0 aromatic rings. The Morgan fingerprint density at radius 2 is 2.09 bits per heavy atom. The van der Waals surface area contributed by atoms with E-state index in [0.29, 0.717) is 26.1 Å². The standard InChI is InChI=1S/C7H14N2O2/c1-6(10)7(9-8)2-4-11-5-3-7/h9H,2-5,8H2,1H3. The zero-order chi connectivity index (χ0) is 8.32. The van der Waals surface area contributed by atoms with Crippen LogP contribution < -0.4 is 11.3 Å². The molecule has 0 unspecified atom stereocenters. The Morgan fingerprint density at radius 1 is 1.55 bits per heavy atom. The Hall–Kier alpha value is -0.450. The van der Waals surface area contributed by atoms with Gasteiger partial charge < -0.3 is 4.74 Å². The Balaban J connectivity index is 2.64. The van der Waals surface area contributed by atoms with Crippen LogP contribution in [0.2, 0.25) is 0 Å². The number of ketones is 1. The summed E-state index contributed by atoms with van der Waals surface area (Å²) in [6, 6.07) is 0. The number of hydrogen-bond acceptors (Lipinski definition) is 4. The zero-order valence-corrected chi connectivity index (χ0v) is 6.72. The van der Waals surface area contributed by atoms with Crippen molar-refractivity contribution in [1.82, 2.24) is 5.43 Å². The lowest BCUT2D eigenvalue weighted by Gasteiger charge is -2.33. The van der Waals surface area contributed by atoms with E-state index in [-0.39, 0.29) is 5.78 Å². The van der Waals surface area contributed by atoms with Crippen LogP contribution in [-0.2, 0) is 9.53 Å². The predicted molar refractivity (Wildman–Crippen MR) is 40.8 cm³/mol. The van der Waals surface area contributed by atoms with E-state index in [4.69, 9.17) is 10.6 Å². The second-order valence-electron chi connectivity index (χ2n) is 2.90. The van der Waals surface area contributed by atoms with Gasteiger partial charge in [0.05, 0.1) is 5.54 Å². The molecule has 0 atom stereocenters. The van der Waals surface area contributed by atoms with Gasteiger partial charge in [-0.15, -0.1) is 0 Å². The lowest BCUT2D eigenvalue weighted by atomic mass is 9.87. The first-order valence-electron chi connectivity index (χ1n) is 3.78. The summed E-state index contributed by atoms with van der Waals surface area (Å²) in [4.78, 5) is 11.2. The van der Waals surface area contributed by atoms with Crippen molar-refractivity contribution in [2.45, 2.75) is 25.3 Å². The van der Waals surface area contributed by atoms with Gasteiger partial charge in [-0.3, -0.25) is 10.6 Å². The molecule has 11 heavy (non-hydrogen) atoms. The van der Waals surface area contributed by atoms with Crippen LogP contribution >= 0.6 is 0 Å². The summed E-state index contributed by atoms with van der Waals surface area (Å²) in [5.41, 5.74) is 2.07. The molecule has 1 aliphatic rings. The summed E-state index contributed by atoms with van der Waals surface area (Å²) in [5, 5.41) is 0. The number of carbonyl (C=O) groups excluding carboxylic acids is 1. The van der Waals surface area contributed by atoms with E-state index in [1.807, 2.05) is 0 Å². The molecule has 0 aromatic heterocycles. The molecule has 0 spiro atoms. The van der Waals surface area contributed by atoms with Crippen LogP contribution in [0.4, 0.5) is 0 Å². The third kappa shape index (κ3) is 1.58. The molecule has 1 rings (SSSR count). The molecular weight excluding hydrogens is 144 g/mol. The molecule has 0 aliphatic carbocycles. The summed E-state index contributed by atoms with van der Waals surface area (Å²) < 4.78 is 5.13. The van der Waals surface area contributed by atoms with E-state index < -0.39 is 5.54 Å². The third-order valence-electron chi connectivity index (χ3n) is 2.30. The van der Waals surface area contributed by atoms with E-state index in [0.717, 1.165) is 0 Å². The average molecular weight is 158 g/mol. The van der Waals surface area contributed by atoms with Gasteiger partial charge in [-0.2, -0.15) is 0 Å². The summed E-state index contributed by atoms with van der Waals surface area (Å²) in [5.74, 6) is 5.41. The molecule has 0 amide bonds. The predicted octanol–water partition coefficient (Wildman–Crippen LogP) is -0.412. The van der Waals surface area contributed by atoms with Gasteiger partial charge in [0.15, 0.2) is 5.78 Å². The number of nitrogens with two attached hydrogens (primary N) is 1. The topological polar surface area (TPSA) is 64.4 Å². The van der Waals surface area contributed by atoms with Crippen LogP contribution in [0.1, 0.15) is 19.8 Å². The molecular formula is C7H14N2O2. The van der Waals surface area contributed by atoms with Gasteiger partial charge in [0.1, 0.15) is 0 Å². The molecule has 64 valence electrons. The molecule has 3 N–H and O–H groups in total. The largest absolute Gasteiger partial charge is 0.381 e. The van der Waals surface area contributed by atoms with Crippen molar-refractivity contribution in [2.75, 3.05) is 13.2 Å². The number of carbonyl (C=O) groups is 1. The van der Waals surface area contributed by atoms with Crippen LogP contribution in [0.25, 0.3) is 0 Å². The van der Waals surface area contributed by atoms with Gasteiger partial charge in [0, 0.05) is 13.2 Å². The molecule has 1 fully saturated rings. The Bertz CT molecular complexity index is 153. The highest BCUT2D eigenvalue weighted by Gasteiger charge is 2.35. The number of nitrogens with one attached hydrogen (secondary N) is 1. The maximum absolute atomic E-state index is 11.2. The molecule has 1 heterocycles. The van der Waals surface area contributed by atoms with E-state index in [9.17, 15) is 4.79 Å². The van der Waals surface area contributed by atoms with Crippen LogP contribution in [0.3, 0.4) is 0 Å². The van der Waals surface area contributed by atoms with Gasteiger partial charge in [-0.1, -0.05) is 0 Å². The highest BCUT2D eigenvalue weighted by molar-refractivity contribution is 5.86. The molecule has 4 nitrogen and oxygen atoms in total. The van der Waals surface area contributed by atoms with Crippen molar-refractivity contribution in [2.24, 2.45) is 5.84 Å². The second kappa shape index (κ2) is 3.30. The summed E-state index contributed by atoms with van der Waals surface area (Å²) >= 11 is 0. The Labute approximate surface area is 66.1 Å². The fraction of sp³-hybridized carbons (Fsp3) is 0.857. The quantitative estimate of drug-likeness (QED) is 0.423. The van der Waals surface area contributed by atoms with E-state index >= 15 is 0 Å². The minimum atomic E-state index is -0.516. The maximum Gasteiger partial charge on any atom is 0.151 e. The molecule has 0 aromatic carbocycles. The van der Waals surface area contributed by atoms with Crippen molar-refractivity contribution in [3.8, 4) is 0 Å². The Kier molecular flexibility index (Phi) is 2.59. The van der Waals surface area contributed by atoms with E-state index in [1.54, 1.807) is 6.92 Å². The fourth-order valence-electron chi connectivity index (χ4n) is 1.32. The van der Waals surface area contributed by atoms with Crippen molar-refractivity contribution < 1.29 is 9.53 Å². The third-order valence-corrected chi connectivity index (χ3v) is 2.30. The van der Waals surface area contributed by atoms with Crippen LogP contribution in [0.5, 0.6) is 0 Å². The van der Waals surface area contributed by atoms with Crippen LogP contribution in [-0.4, -0.2) is 24.5 Å². The second-order valence-corrected chi connectivity index (χ2v) is 2.90. The van der Waals surface area contributed by atoms with Crippen molar-refractivity contribution >= 4 is 5.78 Å². The molecule has 0 radical (unpaired) electrons. The zero-order valence-electron chi connectivity index (χ0n) is 6.72. The lowest BCUT2D eigenvalue weighted by molar-refractivity contribution is -0.127. The Morgan fingerprint density at radius 3 is 2.36 bits per heavy atom. The number of hydrogen-bond donors (Lipinski definition) is 2. The number of Topliss-reactive ketones (excluding diaryl/α,β-unsaturated/α-hetero) is 1. The average Bonchev–Trinajstić information content (AvgIpc) is 2.05. The SMILES string of the molecule is CC(=O)C1(NN)CCOCC1. The molecule has 0 bridgehead atoms. The monoisotopic (exact) mass is 158 g/mol. The highest BCUT2D eigenvalue weighted by atomic mass is 16.5. The smallest absolute Gasteiger partial charge is 0.151 e. The summed E-state index contributed by atoms with van der Waals surface area (Å²) in [7, 11) is 0. The highest BCUT2D eigenvalue weighted by Crippen LogP contribution is 2.20. The molecule has 1 aliphatic heterocycles. The van der Waals surface area contributed by atoms with Crippen molar-refractivity contribution in [3.63, 3.8) is 0 Å². The first-order chi connectivity index (χ1) is 5.21. The first-order valence-corrected chi connectivity index (χ1v) is 3.78. The molecule has 0 saturated carbocycles. The fourth-order valence-corrected chi connectivity index (χ4v) is 1.32. The normalized spacial score (nSPS) is 23.1. The van der Waals surface area contributed by atoms with Gasteiger partial charge >= 0.3 is 0 Å². The van der Waals surface area contributed by atoms with Gasteiger partial charge in [-0.25, -0.2) is 5.43 Å². The first kappa shape index (κ1) is 8.64. The minimum Gasteiger partial charge on any atom is -0.381 e. The van der Waals surface area contributed by atoms with Crippen LogP contribution in [0.15, 0.2) is 0 Å². The summed E-state index contributed by atoms with van der Waals surface area (Å²) in [6.45, 7) is 2.79. The molecule has 4 heteroatoms. The number of hydrazine groups is 1. The maximum atomic E-state index is 11.2.